The van der Waals surface area contributed by atoms with Gasteiger partial charge >= 0.3 is 0 Å². The highest BCUT2D eigenvalue weighted by molar-refractivity contribution is 5.38. The predicted molar refractivity (Wildman–Crippen MR) is 150 cm³/mol. The maximum absolute atomic E-state index is 11.2. The van der Waals surface area contributed by atoms with E-state index < -0.39 is 18.3 Å². The standard InChI is InChI=1S/C33H47NO4/c1-5-7-25-20-38-31(34-25)33(16-17-33)30(37)14-9-21(2)27-12-13-28-23(8-6-15-32(27,28)4)10-11-24-18-26(35)19-29(36)22(24)3/h9-11,14,20-21,26-30,35-37H,3,5-8,12-13,15-19H2,1-2,4H3/t21-,26-,27-,28+,29+,30-,32-/m1/s1. The van der Waals surface area contributed by atoms with Gasteiger partial charge in [-0.05, 0) is 92.1 Å². The van der Waals surface area contributed by atoms with Crippen molar-refractivity contribution in [3.05, 3.63) is 65.5 Å². The van der Waals surface area contributed by atoms with Crippen LogP contribution in [0.1, 0.15) is 96.6 Å². The minimum atomic E-state index is -0.643. The Morgan fingerprint density at radius 3 is 2.71 bits per heavy atom. The second-order valence-corrected chi connectivity index (χ2v) is 12.9. The van der Waals surface area contributed by atoms with Crippen LogP contribution in [0.3, 0.4) is 0 Å². The molecular formula is C33H47NO4. The topological polar surface area (TPSA) is 86.7 Å². The van der Waals surface area contributed by atoms with Crippen LogP contribution in [0.2, 0.25) is 0 Å². The summed E-state index contributed by atoms with van der Waals surface area (Å²) in [5.74, 6) is 2.23. The number of hydrogen-bond donors (Lipinski definition) is 3. The van der Waals surface area contributed by atoms with Crippen LogP contribution in [-0.4, -0.2) is 38.6 Å². The minimum absolute atomic E-state index is 0.245. The monoisotopic (exact) mass is 521 g/mol. The van der Waals surface area contributed by atoms with Gasteiger partial charge in [-0.2, -0.15) is 0 Å². The van der Waals surface area contributed by atoms with Crippen LogP contribution in [0.15, 0.2) is 58.3 Å². The fourth-order valence-corrected chi connectivity index (χ4v) is 7.88. The fourth-order valence-electron chi connectivity index (χ4n) is 7.88. The SMILES string of the molecule is C=C1C(=CC=C2CCC[C@]3(C)[C@@H]([C@H](C)C=C[C@@H](O)C4(c5nc(CCC)co5)CC4)CC[C@@H]23)C[C@@H](O)C[C@@H]1O. The first-order valence-electron chi connectivity index (χ1n) is 14.9. The molecule has 7 atom stereocenters. The summed E-state index contributed by atoms with van der Waals surface area (Å²) in [6.07, 6.45) is 19.4. The van der Waals surface area contributed by atoms with Gasteiger partial charge in [0.25, 0.3) is 0 Å². The Kier molecular flexibility index (Phi) is 7.92. The third kappa shape index (κ3) is 5.14. The summed E-state index contributed by atoms with van der Waals surface area (Å²) in [4.78, 5) is 4.69. The summed E-state index contributed by atoms with van der Waals surface area (Å²) in [7, 11) is 0. The lowest BCUT2D eigenvalue weighted by atomic mass is 9.61. The first-order chi connectivity index (χ1) is 18.2. The van der Waals surface area contributed by atoms with Crippen molar-refractivity contribution in [1.82, 2.24) is 4.98 Å². The third-order valence-electron chi connectivity index (χ3n) is 10.4. The van der Waals surface area contributed by atoms with Gasteiger partial charge in [-0.15, -0.1) is 0 Å². The summed E-state index contributed by atoms with van der Waals surface area (Å²) < 4.78 is 5.81. The maximum Gasteiger partial charge on any atom is 0.203 e. The van der Waals surface area contributed by atoms with E-state index in [0.717, 1.165) is 48.9 Å². The number of aryl methyl sites for hydroxylation is 1. The first kappa shape index (κ1) is 27.6. The summed E-state index contributed by atoms with van der Waals surface area (Å²) >= 11 is 0. The average Bonchev–Trinajstić information content (AvgIpc) is 3.42. The zero-order valence-electron chi connectivity index (χ0n) is 23.5. The smallest absolute Gasteiger partial charge is 0.203 e. The highest BCUT2D eigenvalue weighted by atomic mass is 16.3. The molecule has 3 N–H and O–H groups in total. The average molecular weight is 522 g/mol. The van der Waals surface area contributed by atoms with Crippen LogP contribution in [0.4, 0.5) is 0 Å². The molecule has 1 heterocycles. The molecule has 4 fully saturated rings. The van der Waals surface area contributed by atoms with Crippen molar-refractivity contribution in [2.24, 2.45) is 23.2 Å². The molecule has 0 amide bonds. The Bertz CT molecular complexity index is 1110. The molecule has 4 aliphatic carbocycles. The van der Waals surface area contributed by atoms with Gasteiger partial charge in [0.2, 0.25) is 5.89 Å². The predicted octanol–water partition coefficient (Wildman–Crippen LogP) is 6.35. The highest BCUT2D eigenvalue weighted by Gasteiger charge is 2.54. The van der Waals surface area contributed by atoms with Gasteiger partial charge in [0, 0.05) is 6.42 Å². The van der Waals surface area contributed by atoms with Crippen LogP contribution in [0.25, 0.3) is 0 Å². The van der Waals surface area contributed by atoms with Gasteiger partial charge in [0.1, 0.15) is 6.26 Å². The maximum atomic E-state index is 11.2. The van der Waals surface area contributed by atoms with Crippen LogP contribution >= 0.6 is 0 Å². The van der Waals surface area contributed by atoms with Crippen LogP contribution < -0.4 is 0 Å². The van der Waals surface area contributed by atoms with E-state index >= 15 is 0 Å². The number of allylic oxidation sites excluding steroid dienone is 4. The molecule has 0 radical (unpaired) electrons. The zero-order valence-corrected chi connectivity index (χ0v) is 23.5. The molecule has 0 aromatic carbocycles. The third-order valence-corrected chi connectivity index (χ3v) is 10.4. The molecule has 5 rings (SSSR count). The van der Waals surface area contributed by atoms with E-state index in [1.54, 1.807) is 6.26 Å². The lowest BCUT2D eigenvalue weighted by molar-refractivity contribution is 0.0862. The molecule has 38 heavy (non-hydrogen) atoms. The largest absolute Gasteiger partial charge is 0.448 e. The van der Waals surface area contributed by atoms with Crippen molar-refractivity contribution in [2.75, 3.05) is 0 Å². The summed E-state index contributed by atoms with van der Waals surface area (Å²) in [6, 6.07) is 0. The van der Waals surface area contributed by atoms with E-state index in [0.29, 0.717) is 36.5 Å². The number of fused-ring (bicyclic) bond motifs is 1. The highest BCUT2D eigenvalue weighted by Crippen LogP contribution is 2.60. The van der Waals surface area contributed by atoms with E-state index in [-0.39, 0.29) is 10.8 Å². The molecule has 208 valence electrons. The Morgan fingerprint density at radius 2 is 1.97 bits per heavy atom. The number of aliphatic hydroxyl groups excluding tert-OH is 3. The van der Waals surface area contributed by atoms with E-state index in [1.807, 2.05) is 6.08 Å². The molecular weight excluding hydrogens is 474 g/mol. The molecule has 1 aromatic rings. The molecule has 4 aliphatic rings. The second-order valence-electron chi connectivity index (χ2n) is 12.9. The van der Waals surface area contributed by atoms with Crippen LogP contribution in [-0.2, 0) is 11.8 Å². The van der Waals surface area contributed by atoms with Crippen molar-refractivity contribution in [2.45, 2.75) is 115 Å². The number of hydrogen-bond acceptors (Lipinski definition) is 5. The lowest BCUT2D eigenvalue weighted by Gasteiger charge is -2.44. The van der Waals surface area contributed by atoms with Gasteiger partial charge in [-0.1, -0.05) is 63.6 Å². The van der Waals surface area contributed by atoms with E-state index in [4.69, 9.17) is 9.40 Å². The molecule has 0 aliphatic heterocycles. The van der Waals surface area contributed by atoms with Gasteiger partial charge in [-0.25, -0.2) is 4.98 Å². The zero-order chi connectivity index (χ0) is 27.1. The second kappa shape index (κ2) is 10.9. The molecule has 0 spiro atoms. The van der Waals surface area contributed by atoms with Crippen molar-refractivity contribution in [3.8, 4) is 0 Å². The minimum Gasteiger partial charge on any atom is -0.448 e. The van der Waals surface area contributed by atoms with Crippen molar-refractivity contribution >= 4 is 0 Å². The fraction of sp³-hybridized carbons (Fsp3) is 0.667. The van der Waals surface area contributed by atoms with Gasteiger partial charge in [0.05, 0.1) is 29.4 Å². The van der Waals surface area contributed by atoms with Gasteiger partial charge in [-0.3, -0.25) is 0 Å². The van der Waals surface area contributed by atoms with Gasteiger partial charge < -0.3 is 19.7 Å². The van der Waals surface area contributed by atoms with E-state index in [1.165, 1.54) is 31.3 Å². The number of rotatable bonds is 8. The quantitative estimate of drug-likeness (QED) is 0.347. The normalized spacial score (nSPS) is 36.6. The molecule has 0 saturated heterocycles. The molecule has 1 aromatic heterocycles. The number of aromatic nitrogens is 1. The summed E-state index contributed by atoms with van der Waals surface area (Å²) in [5.41, 5.74) is 4.14. The van der Waals surface area contributed by atoms with Gasteiger partial charge in [0.15, 0.2) is 0 Å². The molecule has 5 nitrogen and oxygen atoms in total. The number of nitrogens with zero attached hydrogens (tertiary/aromatic N) is 1. The molecule has 0 unspecified atom stereocenters. The van der Waals surface area contributed by atoms with Crippen LogP contribution in [0.5, 0.6) is 0 Å². The first-order valence-corrected chi connectivity index (χ1v) is 14.9. The van der Waals surface area contributed by atoms with E-state index in [2.05, 4.69) is 45.6 Å². The number of oxazole rings is 1. The van der Waals surface area contributed by atoms with Crippen LogP contribution in [0, 0.1) is 23.2 Å². The molecule has 4 saturated carbocycles. The lowest BCUT2D eigenvalue weighted by Crippen LogP contribution is -2.35. The van der Waals surface area contributed by atoms with Crippen molar-refractivity contribution in [3.63, 3.8) is 0 Å². The molecule has 0 bridgehead atoms. The summed E-state index contributed by atoms with van der Waals surface area (Å²) in [5, 5.41) is 31.5. The number of aliphatic hydroxyl groups is 3. The summed E-state index contributed by atoms with van der Waals surface area (Å²) in [6.45, 7) is 11.0. The molecule has 5 heteroatoms. The Hall–Kier alpha value is -1.95. The van der Waals surface area contributed by atoms with Crippen molar-refractivity contribution in [1.29, 1.82) is 0 Å². The Balaban J connectivity index is 1.27. The Labute approximate surface area is 228 Å². The Morgan fingerprint density at radius 1 is 1.18 bits per heavy atom. The van der Waals surface area contributed by atoms with Crippen molar-refractivity contribution < 1.29 is 19.7 Å². The van der Waals surface area contributed by atoms with E-state index in [9.17, 15) is 15.3 Å².